The molecule has 0 aliphatic rings. The van der Waals surface area contributed by atoms with E-state index in [1.54, 1.807) is 0 Å². The van der Waals surface area contributed by atoms with Crippen molar-refractivity contribution in [2.45, 2.75) is 33.2 Å². The van der Waals surface area contributed by atoms with Gasteiger partial charge < -0.3 is 5.32 Å². The lowest BCUT2D eigenvalue weighted by atomic mass is 10.0. The second-order valence-corrected chi connectivity index (χ2v) is 4.44. The molecule has 0 aromatic heterocycles. The zero-order valence-corrected chi connectivity index (χ0v) is 10.5. The molecule has 0 aliphatic carbocycles. The van der Waals surface area contributed by atoms with Crippen LogP contribution >= 0.6 is 0 Å². The zero-order valence-electron chi connectivity index (χ0n) is 10.5. The Morgan fingerprint density at radius 2 is 1.83 bits per heavy atom. The minimum Gasteiger partial charge on any atom is -0.377 e. The van der Waals surface area contributed by atoms with Gasteiger partial charge in [-0.1, -0.05) is 20.8 Å². The molecular weight excluding hydrogens is 242 g/mol. The molecule has 0 saturated carbocycles. The van der Waals surface area contributed by atoms with Crippen LogP contribution in [-0.4, -0.2) is 11.0 Å². The van der Waals surface area contributed by atoms with Crippen molar-refractivity contribution in [2.75, 3.05) is 5.32 Å². The molecular formula is C12H16F2N2O2. The Bertz CT molecular complexity index is 427. The molecule has 6 heteroatoms. The molecule has 0 spiro atoms. The third-order valence-corrected chi connectivity index (χ3v) is 2.81. The average Bonchev–Trinajstić information content (AvgIpc) is 2.27. The number of hydrogen-bond acceptors (Lipinski definition) is 3. The van der Waals surface area contributed by atoms with Gasteiger partial charge in [0.05, 0.1) is 17.1 Å². The first-order valence-electron chi connectivity index (χ1n) is 5.76. The van der Waals surface area contributed by atoms with Crippen molar-refractivity contribution in [2.24, 2.45) is 5.92 Å². The van der Waals surface area contributed by atoms with Crippen molar-refractivity contribution in [1.29, 1.82) is 0 Å². The summed E-state index contributed by atoms with van der Waals surface area (Å²) >= 11 is 0. The maximum Gasteiger partial charge on any atom is 0.275 e. The molecule has 1 N–H and O–H groups in total. The predicted octanol–water partition coefficient (Wildman–Crippen LogP) is 3.72. The Hall–Kier alpha value is -1.72. The van der Waals surface area contributed by atoms with Crippen molar-refractivity contribution in [3.63, 3.8) is 0 Å². The number of non-ortho nitro benzene ring substituents is 1. The summed E-state index contributed by atoms with van der Waals surface area (Å²) in [6.45, 7) is 5.77. The van der Waals surface area contributed by atoms with Crippen LogP contribution in [0, 0.1) is 27.7 Å². The molecule has 1 aromatic carbocycles. The van der Waals surface area contributed by atoms with Crippen LogP contribution in [0.25, 0.3) is 0 Å². The van der Waals surface area contributed by atoms with E-state index in [1.807, 2.05) is 20.8 Å². The van der Waals surface area contributed by atoms with Crippen LogP contribution in [0.15, 0.2) is 12.1 Å². The number of nitrogens with zero attached hydrogens (tertiary/aromatic N) is 1. The molecule has 0 bridgehead atoms. The Balaban J connectivity index is 3.07. The Morgan fingerprint density at radius 3 is 2.17 bits per heavy atom. The molecule has 0 saturated heterocycles. The number of nitrogens with one attached hydrogen (secondary N) is 1. The number of anilines is 1. The SMILES string of the molecule is CCC(Nc1c(F)cc([N+](=O)[O-])cc1F)C(C)C. The van der Waals surface area contributed by atoms with Gasteiger partial charge in [0.1, 0.15) is 5.69 Å². The van der Waals surface area contributed by atoms with Crippen molar-refractivity contribution in [3.8, 4) is 0 Å². The molecule has 1 aromatic rings. The molecule has 0 amide bonds. The second kappa shape index (κ2) is 5.75. The van der Waals surface area contributed by atoms with Gasteiger partial charge in [-0.25, -0.2) is 8.78 Å². The Morgan fingerprint density at radius 1 is 1.33 bits per heavy atom. The van der Waals surface area contributed by atoms with Crippen LogP contribution in [0.2, 0.25) is 0 Å². The van der Waals surface area contributed by atoms with Crippen LogP contribution in [-0.2, 0) is 0 Å². The van der Waals surface area contributed by atoms with Crippen molar-refractivity contribution in [3.05, 3.63) is 33.9 Å². The third-order valence-electron chi connectivity index (χ3n) is 2.81. The minimum atomic E-state index is -0.944. The molecule has 0 heterocycles. The highest BCUT2D eigenvalue weighted by atomic mass is 19.1. The summed E-state index contributed by atoms with van der Waals surface area (Å²) in [6, 6.07) is 1.35. The average molecular weight is 258 g/mol. The molecule has 4 nitrogen and oxygen atoms in total. The normalized spacial score (nSPS) is 12.6. The van der Waals surface area contributed by atoms with Gasteiger partial charge in [0.15, 0.2) is 11.6 Å². The number of rotatable bonds is 5. The monoisotopic (exact) mass is 258 g/mol. The fraction of sp³-hybridized carbons (Fsp3) is 0.500. The van der Waals surface area contributed by atoms with Crippen molar-refractivity contribution < 1.29 is 13.7 Å². The van der Waals surface area contributed by atoms with Gasteiger partial charge in [-0.3, -0.25) is 10.1 Å². The number of nitro benzene ring substituents is 1. The topological polar surface area (TPSA) is 55.2 Å². The lowest BCUT2D eigenvalue weighted by Crippen LogP contribution is -2.25. The first-order chi connectivity index (χ1) is 8.36. The summed E-state index contributed by atoms with van der Waals surface area (Å²) < 4.78 is 27.2. The highest BCUT2D eigenvalue weighted by Gasteiger charge is 2.20. The van der Waals surface area contributed by atoms with E-state index in [9.17, 15) is 18.9 Å². The first-order valence-corrected chi connectivity index (χ1v) is 5.76. The van der Waals surface area contributed by atoms with E-state index in [-0.39, 0.29) is 17.6 Å². The van der Waals surface area contributed by atoms with Gasteiger partial charge in [-0.2, -0.15) is 0 Å². The van der Waals surface area contributed by atoms with Crippen LogP contribution in [0.5, 0.6) is 0 Å². The predicted molar refractivity (Wildman–Crippen MR) is 65.6 cm³/mol. The summed E-state index contributed by atoms with van der Waals surface area (Å²) in [7, 11) is 0. The summed E-state index contributed by atoms with van der Waals surface area (Å²) in [4.78, 5) is 9.63. The van der Waals surface area contributed by atoms with E-state index in [2.05, 4.69) is 5.32 Å². The van der Waals surface area contributed by atoms with Gasteiger partial charge in [0.2, 0.25) is 0 Å². The largest absolute Gasteiger partial charge is 0.377 e. The standard InChI is InChI=1S/C12H16F2N2O2/c1-4-11(7(2)3)15-12-9(13)5-8(16(17)18)6-10(12)14/h5-7,11,15H,4H2,1-3H3. The molecule has 18 heavy (non-hydrogen) atoms. The van der Waals surface area contributed by atoms with Gasteiger partial charge in [-0.15, -0.1) is 0 Å². The fourth-order valence-corrected chi connectivity index (χ4v) is 1.73. The molecule has 1 atom stereocenters. The Kier molecular flexibility index (Phi) is 4.58. The van der Waals surface area contributed by atoms with Gasteiger partial charge in [-0.05, 0) is 12.3 Å². The van der Waals surface area contributed by atoms with Crippen molar-refractivity contribution in [1.82, 2.24) is 0 Å². The quantitative estimate of drug-likeness (QED) is 0.646. The smallest absolute Gasteiger partial charge is 0.275 e. The number of hydrogen-bond donors (Lipinski definition) is 1. The van der Waals surface area contributed by atoms with E-state index in [1.165, 1.54) is 0 Å². The minimum absolute atomic E-state index is 0.0875. The van der Waals surface area contributed by atoms with E-state index in [0.717, 1.165) is 12.1 Å². The maximum absolute atomic E-state index is 13.6. The second-order valence-electron chi connectivity index (χ2n) is 4.44. The van der Waals surface area contributed by atoms with Gasteiger partial charge in [0.25, 0.3) is 5.69 Å². The Labute approximate surface area is 104 Å². The van der Waals surface area contributed by atoms with Crippen molar-refractivity contribution >= 4 is 11.4 Å². The molecule has 100 valence electrons. The summed E-state index contributed by atoms with van der Waals surface area (Å²) in [5.41, 5.74) is -0.894. The lowest BCUT2D eigenvalue weighted by molar-refractivity contribution is -0.385. The van der Waals surface area contributed by atoms with E-state index >= 15 is 0 Å². The fourth-order valence-electron chi connectivity index (χ4n) is 1.73. The zero-order chi connectivity index (χ0) is 13.9. The van der Waals surface area contributed by atoms with E-state index in [0.29, 0.717) is 6.42 Å². The molecule has 0 radical (unpaired) electrons. The number of benzene rings is 1. The third kappa shape index (κ3) is 3.15. The van der Waals surface area contributed by atoms with Gasteiger partial charge >= 0.3 is 0 Å². The molecule has 1 unspecified atom stereocenters. The molecule has 0 fully saturated rings. The highest BCUT2D eigenvalue weighted by Crippen LogP contribution is 2.26. The summed E-state index contributed by atoms with van der Waals surface area (Å²) in [5.74, 6) is -1.69. The van der Waals surface area contributed by atoms with Crippen LogP contribution < -0.4 is 5.32 Å². The highest BCUT2D eigenvalue weighted by molar-refractivity contribution is 5.52. The summed E-state index contributed by atoms with van der Waals surface area (Å²) in [5, 5.41) is 13.2. The molecule has 1 rings (SSSR count). The first kappa shape index (κ1) is 14.3. The number of nitro groups is 1. The molecule has 0 aliphatic heterocycles. The lowest BCUT2D eigenvalue weighted by Gasteiger charge is -2.22. The number of halogens is 2. The van der Waals surface area contributed by atoms with Crippen LogP contribution in [0.1, 0.15) is 27.2 Å². The van der Waals surface area contributed by atoms with E-state index < -0.39 is 22.2 Å². The van der Waals surface area contributed by atoms with Crippen LogP contribution in [0.4, 0.5) is 20.2 Å². The summed E-state index contributed by atoms with van der Waals surface area (Å²) in [6.07, 6.45) is 0.702. The van der Waals surface area contributed by atoms with E-state index in [4.69, 9.17) is 0 Å². The maximum atomic E-state index is 13.6. The van der Waals surface area contributed by atoms with Gasteiger partial charge in [0, 0.05) is 6.04 Å². The van der Waals surface area contributed by atoms with Crippen LogP contribution in [0.3, 0.4) is 0 Å².